The lowest BCUT2D eigenvalue weighted by atomic mass is 10.1. The van der Waals surface area contributed by atoms with Crippen LogP contribution in [0.15, 0.2) is 30.5 Å². The highest BCUT2D eigenvalue weighted by atomic mass is 16.5. The first kappa shape index (κ1) is 18.4. The maximum Gasteiger partial charge on any atom is 0.221 e. The van der Waals surface area contributed by atoms with Crippen LogP contribution in [0.5, 0.6) is 0 Å². The van der Waals surface area contributed by atoms with Crippen LogP contribution in [0.1, 0.15) is 18.2 Å². The van der Waals surface area contributed by atoms with Crippen LogP contribution in [0.3, 0.4) is 0 Å². The van der Waals surface area contributed by atoms with Gasteiger partial charge in [-0.25, -0.2) is 9.67 Å². The monoisotopic (exact) mass is 378 g/mol. The van der Waals surface area contributed by atoms with E-state index in [4.69, 9.17) is 15.6 Å². The van der Waals surface area contributed by atoms with Gasteiger partial charge in [-0.2, -0.15) is 10.1 Å². The van der Waals surface area contributed by atoms with Gasteiger partial charge < -0.3 is 15.6 Å². The van der Waals surface area contributed by atoms with Gasteiger partial charge in [-0.15, -0.1) is 0 Å². The zero-order chi connectivity index (χ0) is 19.5. The van der Waals surface area contributed by atoms with Gasteiger partial charge in [0, 0.05) is 42.8 Å². The fraction of sp³-hybridized carbons (Fsp3) is 0.350. The maximum absolute atomic E-state index is 9.44. The molecule has 0 amide bonds. The van der Waals surface area contributed by atoms with Gasteiger partial charge >= 0.3 is 0 Å². The normalized spacial score (nSPS) is 15.9. The van der Waals surface area contributed by atoms with Gasteiger partial charge in [0.05, 0.1) is 24.4 Å². The van der Waals surface area contributed by atoms with Gasteiger partial charge in [0.2, 0.25) is 5.95 Å². The van der Waals surface area contributed by atoms with Crippen LogP contribution in [0.4, 0.5) is 5.95 Å². The molecule has 3 heterocycles. The molecule has 1 aliphatic rings. The molecule has 0 saturated carbocycles. The fourth-order valence-electron chi connectivity index (χ4n) is 3.19. The Morgan fingerprint density at radius 3 is 2.86 bits per heavy atom. The molecule has 0 bridgehead atoms. The van der Waals surface area contributed by atoms with Crippen molar-refractivity contribution in [3.8, 4) is 17.7 Å². The molecule has 1 fully saturated rings. The molecule has 1 atom stereocenters. The van der Waals surface area contributed by atoms with Crippen molar-refractivity contribution in [1.29, 1.82) is 0 Å². The van der Waals surface area contributed by atoms with Gasteiger partial charge in [-0.05, 0) is 25.1 Å². The Kier molecular flexibility index (Phi) is 5.21. The molecular weight excluding hydrogens is 356 g/mol. The van der Waals surface area contributed by atoms with E-state index in [-0.39, 0.29) is 5.95 Å². The summed E-state index contributed by atoms with van der Waals surface area (Å²) in [5.41, 5.74) is 8.42. The minimum absolute atomic E-state index is 0.195. The van der Waals surface area contributed by atoms with Crippen molar-refractivity contribution >= 4 is 16.9 Å². The van der Waals surface area contributed by atoms with Crippen molar-refractivity contribution in [1.82, 2.24) is 24.6 Å². The smallest absolute Gasteiger partial charge is 0.221 e. The highest BCUT2D eigenvalue weighted by Crippen LogP contribution is 2.24. The van der Waals surface area contributed by atoms with Crippen LogP contribution in [0.25, 0.3) is 16.7 Å². The molecule has 3 N–H and O–H groups in total. The Morgan fingerprint density at radius 2 is 2.11 bits per heavy atom. The van der Waals surface area contributed by atoms with E-state index in [1.165, 1.54) is 0 Å². The van der Waals surface area contributed by atoms with Crippen LogP contribution in [0.2, 0.25) is 0 Å². The number of nitrogen functional groups attached to an aromatic ring is 1. The third-order valence-electron chi connectivity index (χ3n) is 4.54. The number of aliphatic hydroxyl groups is 1. The third-order valence-corrected chi connectivity index (χ3v) is 4.54. The first-order valence-corrected chi connectivity index (χ1v) is 9.20. The van der Waals surface area contributed by atoms with E-state index in [0.717, 1.165) is 55.0 Å². The molecule has 0 aliphatic carbocycles. The van der Waals surface area contributed by atoms with Gasteiger partial charge in [0.15, 0.2) is 5.82 Å². The Morgan fingerprint density at radius 1 is 1.29 bits per heavy atom. The summed E-state index contributed by atoms with van der Waals surface area (Å²) in [6.45, 7) is 5.60. The number of fused-ring (bicyclic) bond motifs is 1. The van der Waals surface area contributed by atoms with Crippen molar-refractivity contribution in [2.75, 3.05) is 32.0 Å². The fourth-order valence-corrected chi connectivity index (χ4v) is 3.19. The van der Waals surface area contributed by atoms with Crippen molar-refractivity contribution in [2.24, 2.45) is 0 Å². The first-order valence-electron chi connectivity index (χ1n) is 9.20. The molecule has 3 aromatic rings. The number of benzene rings is 1. The second kappa shape index (κ2) is 7.94. The number of anilines is 1. The zero-order valence-electron chi connectivity index (χ0n) is 15.7. The summed E-state index contributed by atoms with van der Waals surface area (Å²) < 4.78 is 7.22. The molecule has 0 unspecified atom stereocenters. The van der Waals surface area contributed by atoms with Crippen molar-refractivity contribution < 1.29 is 9.84 Å². The molecule has 8 nitrogen and oxygen atoms in total. The van der Waals surface area contributed by atoms with E-state index < -0.39 is 6.10 Å². The highest BCUT2D eigenvalue weighted by Gasteiger charge is 2.18. The lowest BCUT2D eigenvalue weighted by Crippen LogP contribution is -2.35. The summed E-state index contributed by atoms with van der Waals surface area (Å²) >= 11 is 0. The van der Waals surface area contributed by atoms with E-state index in [1.807, 2.05) is 18.2 Å². The number of ether oxygens (including phenoxy) is 1. The number of morpholine rings is 1. The first-order chi connectivity index (χ1) is 13.6. The number of aliphatic hydroxyl groups excluding tert-OH is 1. The molecule has 4 rings (SSSR count). The zero-order valence-corrected chi connectivity index (χ0v) is 15.7. The topological polar surface area (TPSA) is 102 Å². The van der Waals surface area contributed by atoms with E-state index in [1.54, 1.807) is 23.9 Å². The van der Waals surface area contributed by atoms with Crippen LogP contribution in [-0.4, -0.2) is 62.2 Å². The molecule has 1 aliphatic heterocycles. The second-order valence-corrected chi connectivity index (χ2v) is 6.70. The number of aromatic nitrogens is 4. The predicted molar refractivity (Wildman–Crippen MR) is 106 cm³/mol. The summed E-state index contributed by atoms with van der Waals surface area (Å²) in [6, 6.07) is 7.69. The van der Waals surface area contributed by atoms with Gasteiger partial charge in [0.25, 0.3) is 0 Å². The molecule has 1 aromatic carbocycles. The minimum Gasteiger partial charge on any atom is -0.381 e. The lowest BCUT2D eigenvalue weighted by Gasteiger charge is -2.25. The van der Waals surface area contributed by atoms with Crippen LogP contribution >= 0.6 is 0 Å². The largest absolute Gasteiger partial charge is 0.381 e. The maximum atomic E-state index is 9.44. The number of nitrogens with two attached hydrogens (primary N) is 1. The minimum atomic E-state index is -0.681. The summed E-state index contributed by atoms with van der Waals surface area (Å²) in [5, 5.41) is 15.3. The molecule has 0 radical (unpaired) electrons. The quantitative estimate of drug-likeness (QED) is 0.655. The number of hydrogen-bond acceptors (Lipinski definition) is 7. The third kappa shape index (κ3) is 3.97. The average Bonchev–Trinajstić information content (AvgIpc) is 3.05. The van der Waals surface area contributed by atoms with Crippen molar-refractivity contribution in [3.63, 3.8) is 0 Å². The van der Waals surface area contributed by atoms with Crippen LogP contribution in [-0.2, 0) is 11.3 Å². The summed E-state index contributed by atoms with van der Waals surface area (Å²) in [7, 11) is 0. The Hall–Kier alpha value is -2.99. The van der Waals surface area contributed by atoms with Crippen molar-refractivity contribution in [2.45, 2.75) is 19.6 Å². The molecule has 1 saturated heterocycles. The van der Waals surface area contributed by atoms with Gasteiger partial charge in [-0.3, -0.25) is 4.90 Å². The highest BCUT2D eigenvalue weighted by molar-refractivity contribution is 5.84. The molecule has 144 valence electrons. The van der Waals surface area contributed by atoms with E-state index in [0.29, 0.717) is 5.82 Å². The van der Waals surface area contributed by atoms with Gasteiger partial charge in [0.1, 0.15) is 6.10 Å². The lowest BCUT2D eigenvalue weighted by molar-refractivity contribution is 0.0338. The standard InChI is InChI=1S/C20H22N6O2/c1-14(27)2-3-15-4-5-16-17(13-25-8-10-28-11-9-25)24-26(18(16)12-15)19-6-7-22-20(21)23-19/h4-7,12,14,27H,8-11,13H2,1H3,(H2,21,22,23)/t14-/m1/s1. The number of rotatable bonds is 3. The number of nitrogens with zero attached hydrogens (tertiary/aromatic N) is 5. The van der Waals surface area contributed by atoms with E-state index in [2.05, 4.69) is 26.7 Å². The van der Waals surface area contributed by atoms with E-state index in [9.17, 15) is 5.11 Å². The predicted octanol–water partition coefficient (Wildman–Crippen LogP) is 0.962. The second-order valence-electron chi connectivity index (χ2n) is 6.70. The average molecular weight is 378 g/mol. The molecule has 0 spiro atoms. The Balaban J connectivity index is 1.80. The van der Waals surface area contributed by atoms with Crippen LogP contribution < -0.4 is 5.73 Å². The molecule has 28 heavy (non-hydrogen) atoms. The molecule has 8 heteroatoms. The van der Waals surface area contributed by atoms with Crippen LogP contribution in [0, 0.1) is 11.8 Å². The SMILES string of the molecule is C[C@@H](O)C#Cc1ccc2c(CN3CCOCC3)nn(-c3ccnc(N)n3)c2c1. The van der Waals surface area contributed by atoms with Gasteiger partial charge in [-0.1, -0.05) is 11.8 Å². The molecular formula is C20H22N6O2. The Bertz CT molecular complexity index is 1040. The summed E-state index contributed by atoms with van der Waals surface area (Å²) in [6.07, 6.45) is 0.934. The van der Waals surface area contributed by atoms with Crippen molar-refractivity contribution in [3.05, 3.63) is 41.7 Å². The summed E-state index contributed by atoms with van der Waals surface area (Å²) in [4.78, 5) is 10.6. The summed E-state index contributed by atoms with van der Waals surface area (Å²) in [5.74, 6) is 6.57. The van der Waals surface area contributed by atoms with E-state index >= 15 is 0 Å². The number of hydrogen-bond donors (Lipinski definition) is 2. The molecule has 2 aromatic heterocycles. The Labute approximate surface area is 163 Å².